The smallest absolute Gasteiger partial charge is 0.310 e. The zero-order valence-corrected chi connectivity index (χ0v) is 12.6. The molecule has 0 amide bonds. The zero-order chi connectivity index (χ0) is 16.1. The summed E-state index contributed by atoms with van der Waals surface area (Å²) in [5.41, 5.74) is -0.0889. The van der Waals surface area contributed by atoms with Gasteiger partial charge >= 0.3 is 5.97 Å². The standard InChI is InChI=1S/C17H19FO4/c1-3-17(16(20)21)11-8-10(15(19)14(11)17)6-9-4-5-13(22-2)12(18)7-9/h4-5,7,10-11,14H,3,6,8H2,1-2H3,(H,20,21). The molecule has 1 aromatic carbocycles. The first-order chi connectivity index (χ1) is 10.5. The van der Waals surface area contributed by atoms with Gasteiger partial charge in [0.1, 0.15) is 5.78 Å². The molecule has 4 unspecified atom stereocenters. The normalized spacial score (nSPS) is 32.7. The lowest BCUT2D eigenvalue weighted by atomic mass is 9.84. The van der Waals surface area contributed by atoms with Crippen molar-refractivity contribution < 1.29 is 23.8 Å². The van der Waals surface area contributed by atoms with Gasteiger partial charge in [-0.3, -0.25) is 9.59 Å². The highest BCUT2D eigenvalue weighted by atomic mass is 19.1. The predicted octanol–water partition coefficient (Wildman–Crippen LogP) is 2.69. The van der Waals surface area contributed by atoms with E-state index in [4.69, 9.17) is 4.74 Å². The van der Waals surface area contributed by atoms with Crippen LogP contribution >= 0.6 is 0 Å². The van der Waals surface area contributed by atoms with Gasteiger partial charge in [-0.15, -0.1) is 0 Å². The highest BCUT2D eigenvalue weighted by Crippen LogP contribution is 2.69. The van der Waals surface area contributed by atoms with Gasteiger partial charge in [-0.2, -0.15) is 0 Å². The van der Waals surface area contributed by atoms with E-state index in [0.29, 0.717) is 19.3 Å². The van der Waals surface area contributed by atoms with Crippen LogP contribution in [0, 0.1) is 29.0 Å². The Labute approximate surface area is 128 Å². The molecule has 3 rings (SSSR count). The minimum Gasteiger partial charge on any atom is -0.494 e. The average molecular weight is 306 g/mol. The summed E-state index contributed by atoms with van der Waals surface area (Å²) < 4.78 is 18.6. The van der Waals surface area contributed by atoms with Crippen molar-refractivity contribution in [1.82, 2.24) is 0 Å². The van der Waals surface area contributed by atoms with Crippen LogP contribution in [0.4, 0.5) is 4.39 Å². The molecule has 1 aromatic rings. The van der Waals surface area contributed by atoms with E-state index in [1.165, 1.54) is 13.2 Å². The quantitative estimate of drug-likeness (QED) is 0.908. The fourth-order valence-corrected chi connectivity index (χ4v) is 4.22. The van der Waals surface area contributed by atoms with Crippen molar-refractivity contribution in [2.75, 3.05) is 7.11 Å². The van der Waals surface area contributed by atoms with E-state index in [0.717, 1.165) is 5.56 Å². The van der Waals surface area contributed by atoms with E-state index < -0.39 is 17.2 Å². The van der Waals surface area contributed by atoms with E-state index >= 15 is 0 Å². The lowest BCUT2D eigenvalue weighted by Gasteiger charge is -2.18. The summed E-state index contributed by atoms with van der Waals surface area (Å²) in [6.45, 7) is 1.83. The molecule has 0 aromatic heterocycles. The first-order valence-electron chi connectivity index (χ1n) is 7.55. The molecule has 118 valence electrons. The molecule has 0 spiro atoms. The summed E-state index contributed by atoms with van der Waals surface area (Å²) >= 11 is 0. The number of carbonyl (C=O) groups is 2. The van der Waals surface area contributed by atoms with Crippen LogP contribution in [0.1, 0.15) is 25.3 Å². The van der Waals surface area contributed by atoms with Crippen LogP contribution in [0.25, 0.3) is 0 Å². The molecule has 0 bridgehead atoms. The Morgan fingerprint density at radius 2 is 2.23 bits per heavy atom. The third kappa shape index (κ3) is 1.95. The second-order valence-corrected chi connectivity index (χ2v) is 6.29. The number of halogens is 1. The summed E-state index contributed by atoms with van der Waals surface area (Å²) in [5.74, 6) is -1.66. The second-order valence-electron chi connectivity index (χ2n) is 6.29. The van der Waals surface area contributed by atoms with Crippen molar-refractivity contribution in [3.05, 3.63) is 29.6 Å². The molecule has 2 fully saturated rings. The maximum Gasteiger partial charge on any atom is 0.310 e. The molecule has 0 saturated heterocycles. The number of fused-ring (bicyclic) bond motifs is 1. The van der Waals surface area contributed by atoms with Crippen molar-refractivity contribution in [2.45, 2.75) is 26.2 Å². The van der Waals surface area contributed by atoms with Crippen molar-refractivity contribution in [1.29, 1.82) is 0 Å². The van der Waals surface area contributed by atoms with Gasteiger partial charge in [0.05, 0.1) is 12.5 Å². The molecular weight excluding hydrogens is 287 g/mol. The number of benzene rings is 1. The fraction of sp³-hybridized carbons (Fsp3) is 0.529. The number of ketones is 1. The number of rotatable bonds is 5. The molecule has 22 heavy (non-hydrogen) atoms. The molecule has 1 N–H and O–H groups in total. The van der Waals surface area contributed by atoms with E-state index in [2.05, 4.69) is 0 Å². The number of carboxylic acids is 1. The van der Waals surface area contributed by atoms with E-state index in [9.17, 15) is 19.1 Å². The lowest BCUT2D eigenvalue weighted by molar-refractivity contribution is -0.147. The number of hydrogen-bond donors (Lipinski definition) is 1. The molecule has 2 aliphatic carbocycles. The van der Waals surface area contributed by atoms with Gasteiger partial charge in [0, 0.05) is 11.8 Å². The van der Waals surface area contributed by atoms with Crippen LogP contribution < -0.4 is 4.74 Å². The molecule has 5 heteroatoms. The lowest BCUT2D eigenvalue weighted by Crippen LogP contribution is -2.27. The third-order valence-corrected chi connectivity index (χ3v) is 5.44. The Hall–Kier alpha value is -1.91. The van der Waals surface area contributed by atoms with Gasteiger partial charge in [-0.25, -0.2) is 4.39 Å². The van der Waals surface area contributed by atoms with Crippen LogP contribution in [-0.4, -0.2) is 24.0 Å². The number of aliphatic carboxylic acids is 1. The van der Waals surface area contributed by atoms with Crippen LogP contribution in [0.2, 0.25) is 0 Å². The molecular formula is C17H19FO4. The molecule has 2 aliphatic rings. The Bertz CT molecular complexity index is 642. The highest BCUT2D eigenvalue weighted by molar-refractivity contribution is 5.98. The molecule has 4 nitrogen and oxygen atoms in total. The Balaban J connectivity index is 1.72. The van der Waals surface area contributed by atoms with Gasteiger partial charge in [-0.1, -0.05) is 13.0 Å². The predicted molar refractivity (Wildman–Crippen MR) is 77.1 cm³/mol. The van der Waals surface area contributed by atoms with Crippen molar-refractivity contribution >= 4 is 11.8 Å². The number of carbonyl (C=O) groups excluding carboxylic acids is 1. The van der Waals surface area contributed by atoms with E-state index in [-0.39, 0.29) is 29.3 Å². The minimum absolute atomic E-state index is 0.0328. The van der Waals surface area contributed by atoms with Crippen molar-refractivity contribution in [3.63, 3.8) is 0 Å². The molecule has 2 saturated carbocycles. The maximum atomic E-state index is 13.7. The number of hydrogen-bond acceptors (Lipinski definition) is 3. The first-order valence-corrected chi connectivity index (χ1v) is 7.55. The number of methoxy groups -OCH3 is 1. The molecule has 0 aliphatic heterocycles. The van der Waals surface area contributed by atoms with Gasteiger partial charge in [0.2, 0.25) is 0 Å². The van der Waals surface area contributed by atoms with Crippen LogP contribution in [-0.2, 0) is 16.0 Å². The van der Waals surface area contributed by atoms with Gasteiger partial charge in [-0.05, 0) is 42.9 Å². The SMILES string of the molecule is CCC1(C(=O)O)C2CC(Cc3ccc(OC)c(F)c3)C(=O)C21. The van der Waals surface area contributed by atoms with Gasteiger partial charge in [0.15, 0.2) is 11.6 Å². The largest absolute Gasteiger partial charge is 0.494 e. The average Bonchev–Trinajstić information content (AvgIpc) is 3.03. The molecule has 0 heterocycles. The second kappa shape index (κ2) is 5.07. The van der Waals surface area contributed by atoms with Gasteiger partial charge < -0.3 is 9.84 Å². The summed E-state index contributed by atoms with van der Waals surface area (Å²) in [4.78, 5) is 23.9. The number of ether oxygens (including phenoxy) is 1. The Morgan fingerprint density at radius 1 is 1.50 bits per heavy atom. The van der Waals surface area contributed by atoms with Crippen molar-refractivity contribution in [3.8, 4) is 5.75 Å². The Kier molecular flexibility index (Phi) is 3.46. The monoisotopic (exact) mass is 306 g/mol. The van der Waals surface area contributed by atoms with Crippen LogP contribution in [0.15, 0.2) is 18.2 Å². The third-order valence-electron chi connectivity index (χ3n) is 5.44. The summed E-state index contributed by atoms with van der Waals surface area (Å²) in [7, 11) is 1.41. The summed E-state index contributed by atoms with van der Waals surface area (Å²) in [6, 6.07) is 4.70. The Morgan fingerprint density at radius 3 is 2.68 bits per heavy atom. The summed E-state index contributed by atoms with van der Waals surface area (Å²) in [6.07, 6.45) is 1.55. The van der Waals surface area contributed by atoms with Crippen molar-refractivity contribution in [2.24, 2.45) is 23.2 Å². The number of carboxylic acid groups (broad SMARTS) is 1. The zero-order valence-electron chi connectivity index (χ0n) is 12.6. The molecule has 4 atom stereocenters. The van der Waals surface area contributed by atoms with E-state index in [1.54, 1.807) is 12.1 Å². The fourth-order valence-electron chi connectivity index (χ4n) is 4.22. The van der Waals surface area contributed by atoms with Crippen LogP contribution in [0.5, 0.6) is 5.75 Å². The molecule has 0 radical (unpaired) electrons. The van der Waals surface area contributed by atoms with E-state index in [1.807, 2.05) is 6.92 Å². The van der Waals surface area contributed by atoms with Gasteiger partial charge in [0.25, 0.3) is 0 Å². The highest BCUT2D eigenvalue weighted by Gasteiger charge is 2.75. The topological polar surface area (TPSA) is 63.6 Å². The first kappa shape index (κ1) is 15.0. The summed E-state index contributed by atoms with van der Waals surface area (Å²) in [5, 5.41) is 9.38. The minimum atomic E-state index is -0.854. The maximum absolute atomic E-state index is 13.7. The van der Waals surface area contributed by atoms with Crippen LogP contribution in [0.3, 0.4) is 0 Å². The number of Topliss-reactive ketones (excluding diaryl/α,β-unsaturated/α-hetero) is 1.